The SMILES string of the molecule is CCCCCCCC[N+]1(C2(c3ccccc3)CCCCC(=O)N2)CCCC1=O. The number of carbonyl (C=O) groups excluding carboxylic acids is 2. The van der Waals surface area contributed by atoms with Crippen molar-refractivity contribution in [1.29, 1.82) is 0 Å². The Morgan fingerprint density at radius 2 is 1.68 bits per heavy atom. The van der Waals surface area contributed by atoms with E-state index in [1.54, 1.807) is 0 Å². The number of nitrogens with one attached hydrogen (secondary N) is 1. The Hall–Kier alpha value is -1.68. The summed E-state index contributed by atoms with van der Waals surface area (Å²) in [6.45, 7) is 3.94. The van der Waals surface area contributed by atoms with Gasteiger partial charge in [-0.05, 0) is 25.7 Å². The predicted molar refractivity (Wildman–Crippen MR) is 112 cm³/mol. The van der Waals surface area contributed by atoms with E-state index in [2.05, 4.69) is 24.4 Å². The number of rotatable bonds is 9. The number of hydrogen-bond acceptors (Lipinski definition) is 2. The third-order valence-corrected chi connectivity index (χ3v) is 6.82. The maximum atomic E-state index is 13.4. The third-order valence-electron chi connectivity index (χ3n) is 6.82. The minimum atomic E-state index is -0.591. The molecule has 3 rings (SSSR count). The molecule has 4 heteroatoms. The van der Waals surface area contributed by atoms with Gasteiger partial charge in [-0.2, -0.15) is 0 Å². The third kappa shape index (κ3) is 4.17. The number of quaternary nitrogens is 1. The van der Waals surface area contributed by atoms with Crippen molar-refractivity contribution in [3.8, 4) is 0 Å². The summed E-state index contributed by atoms with van der Waals surface area (Å²) in [7, 11) is 0. The Labute approximate surface area is 170 Å². The van der Waals surface area contributed by atoms with Crippen LogP contribution in [0.1, 0.15) is 89.5 Å². The minimum Gasteiger partial charge on any atom is -0.300 e. The Morgan fingerprint density at radius 3 is 2.39 bits per heavy atom. The highest BCUT2D eigenvalue weighted by Gasteiger charge is 2.59. The number of benzene rings is 1. The first-order chi connectivity index (χ1) is 13.6. The molecule has 2 heterocycles. The molecule has 4 nitrogen and oxygen atoms in total. The molecule has 2 atom stereocenters. The quantitative estimate of drug-likeness (QED) is 0.479. The van der Waals surface area contributed by atoms with Crippen molar-refractivity contribution in [2.45, 2.75) is 89.6 Å². The van der Waals surface area contributed by atoms with Crippen molar-refractivity contribution >= 4 is 11.8 Å². The van der Waals surface area contributed by atoms with Gasteiger partial charge in [0.15, 0.2) is 0 Å². The van der Waals surface area contributed by atoms with Crippen LogP contribution in [0.3, 0.4) is 0 Å². The molecule has 0 bridgehead atoms. The first-order valence-electron chi connectivity index (χ1n) is 11.4. The molecule has 2 aliphatic heterocycles. The minimum absolute atomic E-state index is 0.0986. The standard InChI is InChI=1S/C24H36N2O2/c1-2-3-4-5-6-12-19-26(20-13-17-23(26)28)24(21-14-8-7-9-15-21)18-11-10-16-22(27)25-24/h7-9,14-15H,2-6,10-13,16-20H2,1H3/p+1. The van der Waals surface area contributed by atoms with Gasteiger partial charge in [-0.25, -0.2) is 9.28 Å². The topological polar surface area (TPSA) is 46.2 Å². The van der Waals surface area contributed by atoms with E-state index in [0.717, 1.165) is 50.8 Å². The Balaban J connectivity index is 1.91. The molecule has 0 spiro atoms. The molecular weight excluding hydrogens is 348 g/mol. The fourth-order valence-electron chi connectivity index (χ4n) is 5.35. The van der Waals surface area contributed by atoms with Crippen LogP contribution < -0.4 is 5.32 Å². The summed E-state index contributed by atoms with van der Waals surface area (Å²) >= 11 is 0. The lowest BCUT2D eigenvalue weighted by Gasteiger charge is -2.49. The van der Waals surface area contributed by atoms with Gasteiger partial charge in [-0.1, -0.05) is 62.9 Å². The number of amides is 2. The van der Waals surface area contributed by atoms with Crippen molar-refractivity contribution in [2.24, 2.45) is 0 Å². The summed E-state index contributed by atoms with van der Waals surface area (Å²) in [5.41, 5.74) is 0.512. The van der Waals surface area contributed by atoms with E-state index in [9.17, 15) is 9.59 Å². The average Bonchev–Trinajstić information content (AvgIpc) is 2.96. The normalized spacial score (nSPS) is 28.2. The fraction of sp³-hybridized carbons (Fsp3) is 0.667. The molecule has 0 aliphatic carbocycles. The largest absolute Gasteiger partial charge is 0.316 e. The van der Waals surface area contributed by atoms with Crippen LogP contribution in [0, 0.1) is 0 Å². The second kappa shape index (κ2) is 9.69. The van der Waals surface area contributed by atoms with Crippen LogP contribution in [0.2, 0.25) is 0 Å². The lowest BCUT2D eigenvalue weighted by Crippen LogP contribution is -2.70. The molecule has 0 aromatic heterocycles. The molecule has 1 N–H and O–H groups in total. The summed E-state index contributed by atoms with van der Waals surface area (Å²) in [6.07, 6.45) is 12.2. The van der Waals surface area contributed by atoms with Gasteiger partial charge in [-0.15, -0.1) is 0 Å². The van der Waals surface area contributed by atoms with Crippen LogP contribution in [0.4, 0.5) is 0 Å². The van der Waals surface area contributed by atoms with E-state index in [0.29, 0.717) is 23.2 Å². The average molecular weight is 386 g/mol. The highest BCUT2D eigenvalue weighted by atomic mass is 16.2. The number of hydrogen-bond donors (Lipinski definition) is 1. The van der Waals surface area contributed by atoms with E-state index in [4.69, 9.17) is 0 Å². The second-order valence-electron chi connectivity index (χ2n) is 8.66. The van der Waals surface area contributed by atoms with Gasteiger partial charge in [0.25, 0.3) is 0 Å². The zero-order valence-corrected chi connectivity index (χ0v) is 17.5. The molecule has 0 saturated carbocycles. The van der Waals surface area contributed by atoms with Crippen LogP contribution in [-0.2, 0) is 15.3 Å². The first-order valence-corrected chi connectivity index (χ1v) is 11.4. The second-order valence-corrected chi connectivity index (χ2v) is 8.66. The van der Waals surface area contributed by atoms with Gasteiger partial charge in [0.2, 0.25) is 11.6 Å². The summed E-state index contributed by atoms with van der Waals surface area (Å²) < 4.78 is 0.427. The van der Waals surface area contributed by atoms with E-state index < -0.39 is 5.66 Å². The van der Waals surface area contributed by atoms with Gasteiger partial charge in [0.1, 0.15) is 0 Å². The van der Waals surface area contributed by atoms with E-state index >= 15 is 0 Å². The van der Waals surface area contributed by atoms with E-state index in [1.165, 1.54) is 32.1 Å². The highest BCUT2D eigenvalue weighted by molar-refractivity contribution is 5.78. The number of likely N-dealkylation sites (tertiary alicyclic amines) is 1. The van der Waals surface area contributed by atoms with Gasteiger partial charge >= 0.3 is 5.91 Å². The number of unbranched alkanes of at least 4 members (excludes halogenated alkanes) is 5. The van der Waals surface area contributed by atoms with Gasteiger partial charge in [0.05, 0.1) is 19.5 Å². The smallest absolute Gasteiger partial charge is 0.300 e. The van der Waals surface area contributed by atoms with Gasteiger partial charge < -0.3 is 0 Å². The molecule has 2 saturated heterocycles. The molecule has 1 aromatic carbocycles. The summed E-state index contributed by atoms with van der Waals surface area (Å²) in [4.78, 5) is 26.1. The van der Waals surface area contributed by atoms with Crippen molar-refractivity contribution in [3.05, 3.63) is 35.9 Å². The summed E-state index contributed by atoms with van der Waals surface area (Å²) in [5.74, 6) is 0.418. The molecule has 0 radical (unpaired) electrons. The van der Waals surface area contributed by atoms with Crippen molar-refractivity contribution in [1.82, 2.24) is 5.32 Å². The lowest BCUT2D eigenvalue weighted by molar-refractivity contribution is -0.912. The van der Waals surface area contributed by atoms with E-state index in [-0.39, 0.29) is 5.91 Å². The maximum Gasteiger partial charge on any atom is 0.316 e. The molecule has 2 amide bonds. The van der Waals surface area contributed by atoms with Crippen molar-refractivity contribution < 1.29 is 14.1 Å². The van der Waals surface area contributed by atoms with E-state index in [1.807, 2.05) is 18.2 Å². The Morgan fingerprint density at radius 1 is 0.929 bits per heavy atom. The fourth-order valence-corrected chi connectivity index (χ4v) is 5.35. The molecule has 154 valence electrons. The van der Waals surface area contributed by atoms with Crippen LogP contribution >= 0.6 is 0 Å². The number of carbonyl (C=O) groups is 2. The Kier molecular flexibility index (Phi) is 7.28. The van der Waals surface area contributed by atoms with Crippen LogP contribution in [0.25, 0.3) is 0 Å². The van der Waals surface area contributed by atoms with Crippen LogP contribution in [0.5, 0.6) is 0 Å². The monoisotopic (exact) mass is 385 g/mol. The molecule has 2 fully saturated rings. The zero-order chi connectivity index (χ0) is 19.9. The molecular formula is C24H37N2O2+. The Bertz CT molecular complexity index is 660. The summed E-state index contributed by atoms with van der Waals surface area (Å²) in [6, 6.07) is 10.3. The maximum absolute atomic E-state index is 13.4. The molecule has 28 heavy (non-hydrogen) atoms. The highest BCUT2D eigenvalue weighted by Crippen LogP contribution is 2.43. The lowest BCUT2D eigenvalue weighted by atomic mass is 9.89. The van der Waals surface area contributed by atoms with Gasteiger partial charge in [0, 0.05) is 24.8 Å². The number of nitrogens with zero attached hydrogens (tertiary/aromatic N) is 1. The van der Waals surface area contributed by atoms with Crippen molar-refractivity contribution in [3.63, 3.8) is 0 Å². The molecule has 2 aliphatic rings. The van der Waals surface area contributed by atoms with Crippen LogP contribution in [-0.4, -0.2) is 29.4 Å². The summed E-state index contributed by atoms with van der Waals surface area (Å²) in [5, 5.41) is 3.40. The zero-order valence-electron chi connectivity index (χ0n) is 17.5. The van der Waals surface area contributed by atoms with Crippen molar-refractivity contribution in [2.75, 3.05) is 13.1 Å². The molecule has 2 unspecified atom stereocenters. The van der Waals surface area contributed by atoms with Gasteiger partial charge in [-0.3, -0.25) is 10.1 Å². The molecule has 1 aromatic rings. The van der Waals surface area contributed by atoms with Crippen LogP contribution in [0.15, 0.2) is 30.3 Å². The predicted octanol–water partition coefficient (Wildman–Crippen LogP) is 5.03. The first kappa shape index (κ1) is 21.0.